The van der Waals surface area contributed by atoms with Gasteiger partial charge in [0, 0.05) is 19.3 Å². The molecule has 0 aromatic rings. The molecule has 0 radical (unpaired) electrons. The highest BCUT2D eigenvalue weighted by Gasteiger charge is 2.19. The summed E-state index contributed by atoms with van der Waals surface area (Å²) in [6.07, 6.45) is 78.7. The van der Waals surface area contributed by atoms with Crippen LogP contribution < -0.4 is 0 Å². The highest BCUT2D eigenvalue weighted by atomic mass is 16.6. The Bertz CT molecular complexity index is 1570. The first kappa shape index (κ1) is 62.0. The van der Waals surface area contributed by atoms with Crippen molar-refractivity contribution >= 4 is 17.9 Å². The lowest BCUT2D eigenvalue weighted by molar-refractivity contribution is -0.166. The lowest BCUT2D eigenvalue weighted by Crippen LogP contribution is -2.30. The molecule has 1 unspecified atom stereocenters. The SMILES string of the molecule is CC/C=C\C/C=C\C/C=C\C/C=C\C/C=C\C/C=C\C/C=C\C/C=C\C/C=C\CCCCCC(=O)OCC(COC(=O)CCCCCCC)OC(=O)CC/C=C\C/C=C\C/C=C\C/C=C\CC. The van der Waals surface area contributed by atoms with E-state index in [1.807, 2.05) is 12.2 Å². The number of hydrogen-bond acceptors (Lipinski definition) is 6. The zero-order valence-electron chi connectivity index (χ0n) is 42.3. The largest absolute Gasteiger partial charge is 0.462 e. The zero-order chi connectivity index (χ0) is 48.6. The fourth-order valence-corrected chi connectivity index (χ4v) is 6.21. The van der Waals surface area contributed by atoms with Crippen LogP contribution in [-0.2, 0) is 28.6 Å². The van der Waals surface area contributed by atoms with E-state index in [2.05, 4.69) is 167 Å². The number of ether oxygens (including phenoxy) is 3. The van der Waals surface area contributed by atoms with Gasteiger partial charge in [-0.1, -0.05) is 211 Å². The molecular formula is C61H92O6. The molecule has 0 saturated heterocycles. The minimum atomic E-state index is -0.832. The molecule has 0 aliphatic rings. The normalized spacial score (nSPS) is 13.4. The van der Waals surface area contributed by atoms with Gasteiger partial charge in [-0.05, 0) is 116 Å². The quantitative estimate of drug-likeness (QED) is 0.0262. The van der Waals surface area contributed by atoms with E-state index < -0.39 is 12.1 Å². The van der Waals surface area contributed by atoms with Gasteiger partial charge < -0.3 is 14.2 Å². The van der Waals surface area contributed by atoms with Crippen molar-refractivity contribution in [3.8, 4) is 0 Å². The standard InChI is InChI=1S/C61H92O6/c1-4-7-10-13-15-17-19-21-22-23-24-25-26-27-28-29-30-31-32-33-34-35-36-37-38-40-41-43-45-48-51-54-60(63)66-57-58(56-65-59(62)53-50-47-12-9-6-3)67-61(64)55-52-49-46-44-42-39-20-18-16-14-11-8-5-2/h7-8,10-11,15-18,21-22,24-25,27-28,30-31,33-34,36-37,39-42,46,49,58H,4-6,9,12-14,19-20,23,26,29,32,35,38,43-45,47-48,50-57H2,1-3H3/b10-7-,11-8-,17-15-,18-16-,22-21-,25-24-,28-27-,31-30-,34-33-,37-36-,41-40-,42-39-,49-46-. The second-order valence-electron chi connectivity index (χ2n) is 16.3. The Morgan fingerprint density at radius 1 is 0.313 bits per heavy atom. The molecule has 0 aliphatic carbocycles. The van der Waals surface area contributed by atoms with Crippen molar-refractivity contribution in [2.75, 3.05) is 13.2 Å². The van der Waals surface area contributed by atoms with Gasteiger partial charge in [0.15, 0.2) is 6.10 Å². The average Bonchev–Trinajstić information content (AvgIpc) is 3.33. The molecule has 0 amide bonds. The first-order valence-electron chi connectivity index (χ1n) is 26.0. The second kappa shape index (κ2) is 53.6. The van der Waals surface area contributed by atoms with Crippen molar-refractivity contribution in [3.63, 3.8) is 0 Å². The summed E-state index contributed by atoms with van der Waals surface area (Å²) in [5.41, 5.74) is 0. The molecule has 0 saturated carbocycles. The predicted octanol–water partition coefficient (Wildman–Crippen LogP) is 17.4. The van der Waals surface area contributed by atoms with E-state index in [9.17, 15) is 14.4 Å². The maximum Gasteiger partial charge on any atom is 0.306 e. The van der Waals surface area contributed by atoms with E-state index in [1.54, 1.807) is 0 Å². The van der Waals surface area contributed by atoms with Gasteiger partial charge in [-0.3, -0.25) is 14.4 Å². The summed E-state index contributed by atoms with van der Waals surface area (Å²) in [7, 11) is 0. The van der Waals surface area contributed by atoms with E-state index >= 15 is 0 Å². The summed E-state index contributed by atoms with van der Waals surface area (Å²) in [6.45, 7) is 6.19. The Hall–Kier alpha value is -4.97. The van der Waals surface area contributed by atoms with Crippen molar-refractivity contribution in [1.82, 2.24) is 0 Å². The lowest BCUT2D eigenvalue weighted by atomic mass is 10.1. The van der Waals surface area contributed by atoms with Crippen LogP contribution >= 0.6 is 0 Å². The minimum Gasteiger partial charge on any atom is -0.462 e. The number of hydrogen-bond donors (Lipinski definition) is 0. The smallest absolute Gasteiger partial charge is 0.306 e. The molecule has 372 valence electrons. The fraction of sp³-hybridized carbons (Fsp3) is 0.525. The van der Waals surface area contributed by atoms with Crippen LogP contribution in [0.2, 0.25) is 0 Å². The van der Waals surface area contributed by atoms with E-state index in [0.29, 0.717) is 19.3 Å². The summed E-state index contributed by atoms with van der Waals surface area (Å²) in [6, 6.07) is 0. The van der Waals surface area contributed by atoms with Gasteiger partial charge in [0.1, 0.15) is 13.2 Å². The van der Waals surface area contributed by atoms with Gasteiger partial charge in [-0.2, -0.15) is 0 Å². The number of esters is 3. The number of carbonyl (C=O) groups is 3. The molecule has 67 heavy (non-hydrogen) atoms. The van der Waals surface area contributed by atoms with Crippen LogP contribution in [0.4, 0.5) is 0 Å². The first-order valence-corrected chi connectivity index (χ1v) is 26.0. The molecular weight excluding hydrogens is 829 g/mol. The van der Waals surface area contributed by atoms with E-state index in [4.69, 9.17) is 14.2 Å². The molecule has 0 fully saturated rings. The van der Waals surface area contributed by atoms with Gasteiger partial charge in [0.05, 0.1) is 0 Å². The van der Waals surface area contributed by atoms with Crippen LogP contribution in [0, 0.1) is 0 Å². The first-order chi connectivity index (χ1) is 33.0. The van der Waals surface area contributed by atoms with Crippen molar-refractivity contribution in [3.05, 3.63) is 158 Å². The third kappa shape index (κ3) is 51.9. The predicted molar refractivity (Wildman–Crippen MR) is 288 cm³/mol. The van der Waals surface area contributed by atoms with E-state index in [1.165, 1.54) is 0 Å². The lowest BCUT2D eigenvalue weighted by Gasteiger charge is -2.18. The zero-order valence-corrected chi connectivity index (χ0v) is 42.3. The minimum absolute atomic E-state index is 0.125. The number of unbranched alkanes of at least 4 members (excludes halogenated alkanes) is 7. The topological polar surface area (TPSA) is 78.9 Å². The van der Waals surface area contributed by atoms with Crippen molar-refractivity contribution < 1.29 is 28.6 Å². The Morgan fingerprint density at radius 3 is 0.955 bits per heavy atom. The molecule has 0 bridgehead atoms. The Labute approximate surface area is 409 Å². The van der Waals surface area contributed by atoms with Crippen LogP contribution in [0.5, 0.6) is 0 Å². The number of carbonyl (C=O) groups excluding carboxylic acids is 3. The van der Waals surface area contributed by atoms with Crippen molar-refractivity contribution in [1.29, 1.82) is 0 Å². The summed E-state index contributed by atoms with van der Waals surface area (Å²) < 4.78 is 16.5. The van der Waals surface area contributed by atoms with Crippen LogP contribution in [0.25, 0.3) is 0 Å². The summed E-state index contributed by atoms with van der Waals surface area (Å²) >= 11 is 0. The van der Waals surface area contributed by atoms with Gasteiger partial charge in [0.25, 0.3) is 0 Å². The Morgan fingerprint density at radius 2 is 0.612 bits per heavy atom. The van der Waals surface area contributed by atoms with Gasteiger partial charge in [-0.15, -0.1) is 0 Å². The fourth-order valence-electron chi connectivity index (χ4n) is 6.21. The van der Waals surface area contributed by atoms with Crippen LogP contribution in [0.3, 0.4) is 0 Å². The maximum atomic E-state index is 12.7. The third-order valence-electron chi connectivity index (χ3n) is 10.0. The van der Waals surface area contributed by atoms with Crippen LogP contribution in [0.15, 0.2) is 158 Å². The van der Waals surface area contributed by atoms with Crippen molar-refractivity contribution in [2.24, 2.45) is 0 Å². The Kier molecular flexibility index (Phi) is 49.7. The molecule has 0 N–H and O–H groups in total. The molecule has 1 atom stereocenters. The van der Waals surface area contributed by atoms with Gasteiger partial charge >= 0.3 is 17.9 Å². The van der Waals surface area contributed by atoms with E-state index in [0.717, 1.165) is 141 Å². The van der Waals surface area contributed by atoms with E-state index in [-0.39, 0.29) is 31.6 Å². The van der Waals surface area contributed by atoms with Crippen LogP contribution in [-0.4, -0.2) is 37.2 Å². The van der Waals surface area contributed by atoms with Gasteiger partial charge in [0.2, 0.25) is 0 Å². The Balaban J connectivity index is 4.25. The summed E-state index contributed by atoms with van der Waals surface area (Å²) in [4.78, 5) is 37.5. The molecule has 0 aromatic heterocycles. The summed E-state index contributed by atoms with van der Waals surface area (Å²) in [5.74, 6) is -1.07. The highest BCUT2D eigenvalue weighted by molar-refractivity contribution is 5.71. The molecule has 0 rings (SSSR count). The third-order valence-corrected chi connectivity index (χ3v) is 10.0. The summed E-state index contributed by atoms with van der Waals surface area (Å²) in [5, 5.41) is 0. The molecule has 6 heteroatoms. The van der Waals surface area contributed by atoms with Crippen LogP contribution in [0.1, 0.15) is 188 Å². The molecule has 0 aromatic carbocycles. The highest BCUT2D eigenvalue weighted by Crippen LogP contribution is 2.10. The van der Waals surface area contributed by atoms with Gasteiger partial charge in [-0.25, -0.2) is 0 Å². The molecule has 0 spiro atoms. The second-order valence-corrected chi connectivity index (χ2v) is 16.3. The molecule has 0 aliphatic heterocycles. The number of rotatable bonds is 44. The monoisotopic (exact) mass is 921 g/mol. The molecule has 0 heterocycles. The van der Waals surface area contributed by atoms with Crippen molar-refractivity contribution in [2.45, 2.75) is 194 Å². The molecule has 6 nitrogen and oxygen atoms in total. The maximum absolute atomic E-state index is 12.7. The average molecular weight is 921 g/mol. The number of allylic oxidation sites excluding steroid dienone is 26.